The second-order valence-electron chi connectivity index (χ2n) is 5.53. The molecule has 3 heterocycles. The third-order valence-electron chi connectivity index (χ3n) is 3.67. The van der Waals surface area contributed by atoms with Gasteiger partial charge in [-0.1, -0.05) is 30.0 Å². The number of rotatable bonds is 6. The second kappa shape index (κ2) is 7.88. The molecule has 7 nitrogen and oxygen atoms in total. The van der Waals surface area contributed by atoms with Gasteiger partial charge < -0.3 is 9.73 Å². The van der Waals surface area contributed by atoms with Gasteiger partial charge in [-0.2, -0.15) is 0 Å². The number of amides is 1. The average Bonchev–Trinajstić information content (AvgIpc) is 3.37. The Hall–Kier alpha value is -3.39. The van der Waals surface area contributed by atoms with E-state index >= 15 is 0 Å². The number of benzene rings is 1. The van der Waals surface area contributed by atoms with Crippen LogP contribution in [-0.2, 0) is 4.79 Å². The summed E-state index contributed by atoms with van der Waals surface area (Å²) in [5.41, 5.74) is 1.55. The summed E-state index contributed by atoms with van der Waals surface area (Å²) in [7, 11) is 0. The summed E-state index contributed by atoms with van der Waals surface area (Å²) in [6.07, 6.45) is 4.85. The smallest absolute Gasteiger partial charge is 0.234 e. The van der Waals surface area contributed by atoms with Crippen molar-refractivity contribution < 1.29 is 9.21 Å². The van der Waals surface area contributed by atoms with E-state index in [0.717, 1.165) is 5.69 Å². The SMILES string of the molecule is O=C(CSc1nnc(-c2ccco2)n1-c1ccccc1)Nc1cccnc1. The van der Waals surface area contributed by atoms with E-state index in [1.807, 2.05) is 41.0 Å². The number of nitrogens with zero attached hydrogens (tertiary/aromatic N) is 4. The van der Waals surface area contributed by atoms with Crippen molar-refractivity contribution >= 4 is 23.4 Å². The first-order chi connectivity index (χ1) is 13.3. The van der Waals surface area contributed by atoms with E-state index in [-0.39, 0.29) is 11.7 Å². The fraction of sp³-hybridized carbons (Fsp3) is 0.0526. The molecule has 27 heavy (non-hydrogen) atoms. The number of carbonyl (C=O) groups is 1. The number of pyridine rings is 1. The van der Waals surface area contributed by atoms with Crippen LogP contribution in [0.15, 0.2) is 82.8 Å². The van der Waals surface area contributed by atoms with Crippen LogP contribution in [0.3, 0.4) is 0 Å². The number of aromatic nitrogens is 4. The maximum absolute atomic E-state index is 12.2. The Labute approximate surface area is 159 Å². The van der Waals surface area contributed by atoms with Crippen molar-refractivity contribution in [2.45, 2.75) is 5.16 Å². The zero-order valence-corrected chi connectivity index (χ0v) is 15.0. The molecule has 0 unspecified atom stereocenters. The van der Waals surface area contributed by atoms with Crippen LogP contribution in [0.5, 0.6) is 0 Å². The number of thioether (sulfide) groups is 1. The first kappa shape index (κ1) is 17.0. The summed E-state index contributed by atoms with van der Waals surface area (Å²) in [6, 6.07) is 16.9. The van der Waals surface area contributed by atoms with Gasteiger partial charge in [-0.05, 0) is 36.4 Å². The van der Waals surface area contributed by atoms with Gasteiger partial charge in [0.15, 0.2) is 10.9 Å². The van der Waals surface area contributed by atoms with Gasteiger partial charge in [0, 0.05) is 11.9 Å². The molecule has 0 aliphatic heterocycles. The number of hydrogen-bond acceptors (Lipinski definition) is 6. The molecule has 4 aromatic rings. The van der Waals surface area contributed by atoms with Gasteiger partial charge in [-0.3, -0.25) is 14.3 Å². The largest absolute Gasteiger partial charge is 0.461 e. The zero-order valence-electron chi connectivity index (χ0n) is 14.1. The van der Waals surface area contributed by atoms with Gasteiger partial charge in [0.05, 0.1) is 23.9 Å². The molecule has 0 aliphatic carbocycles. The highest BCUT2D eigenvalue weighted by Gasteiger charge is 2.18. The lowest BCUT2D eigenvalue weighted by Crippen LogP contribution is -2.14. The summed E-state index contributed by atoms with van der Waals surface area (Å²) in [4.78, 5) is 16.2. The molecule has 0 saturated heterocycles. The number of nitrogens with one attached hydrogen (secondary N) is 1. The van der Waals surface area contributed by atoms with Crippen molar-refractivity contribution in [1.29, 1.82) is 0 Å². The van der Waals surface area contributed by atoms with Gasteiger partial charge in [-0.15, -0.1) is 10.2 Å². The molecule has 0 radical (unpaired) electrons. The Morgan fingerprint density at radius 3 is 2.70 bits per heavy atom. The van der Waals surface area contributed by atoms with Crippen molar-refractivity contribution in [1.82, 2.24) is 19.7 Å². The Morgan fingerprint density at radius 1 is 1.07 bits per heavy atom. The monoisotopic (exact) mass is 377 g/mol. The van der Waals surface area contributed by atoms with Crippen molar-refractivity contribution in [2.75, 3.05) is 11.1 Å². The lowest BCUT2D eigenvalue weighted by Gasteiger charge is -2.09. The van der Waals surface area contributed by atoms with E-state index in [4.69, 9.17) is 4.42 Å². The van der Waals surface area contributed by atoms with E-state index in [1.54, 1.807) is 36.9 Å². The van der Waals surface area contributed by atoms with Crippen molar-refractivity contribution in [3.8, 4) is 17.3 Å². The summed E-state index contributed by atoms with van der Waals surface area (Å²) in [5, 5.41) is 11.9. The molecule has 0 bridgehead atoms. The Bertz CT molecular complexity index is 1020. The minimum absolute atomic E-state index is 0.143. The average molecular weight is 377 g/mol. The standard InChI is InChI=1S/C19H15N5O2S/c25-17(21-14-6-4-10-20-12-14)13-27-19-23-22-18(16-9-5-11-26-16)24(19)15-7-2-1-3-8-15/h1-12H,13H2,(H,21,25). The number of para-hydroxylation sites is 1. The fourth-order valence-corrected chi connectivity index (χ4v) is 3.25. The lowest BCUT2D eigenvalue weighted by molar-refractivity contribution is -0.113. The van der Waals surface area contributed by atoms with E-state index in [0.29, 0.717) is 22.4 Å². The van der Waals surface area contributed by atoms with E-state index in [2.05, 4.69) is 20.5 Å². The molecule has 1 N–H and O–H groups in total. The van der Waals surface area contributed by atoms with E-state index < -0.39 is 0 Å². The summed E-state index contributed by atoms with van der Waals surface area (Å²) < 4.78 is 7.36. The number of furan rings is 1. The first-order valence-corrected chi connectivity index (χ1v) is 9.17. The van der Waals surface area contributed by atoms with Crippen LogP contribution < -0.4 is 5.32 Å². The number of carbonyl (C=O) groups excluding carboxylic acids is 1. The third kappa shape index (κ3) is 3.90. The Kier molecular flexibility index (Phi) is 4.97. The molecular weight excluding hydrogens is 362 g/mol. The van der Waals surface area contributed by atoms with Crippen LogP contribution >= 0.6 is 11.8 Å². The highest BCUT2D eigenvalue weighted by atomic mass is 32.2. The van der Waals surface area contributed by atoms with Crippen LogP contribution in [-0.4, -0.2) is 31.4 Å². The summed E-state index contributed by atoms with van der Waals surface area (Å²) in [6.45, 7) is 0. The van der Waals surface area contributed by atoms with Crippen molar-refractivity contribution in [2.24, 2.45) is 0 Å². The minimum Gasteiger partial charge on any atom is -0.461 e. The highest BCUT2D eigenvalue weighted by molar-refractivity contribution is 7.99. The molecule has 4 rings (SSSR count). The van der Waals surface area contributed by atoms with Crippen molar-refractivity contribution in [3.05, 3.63) is 73.3 Å². The fourth-order valence-electron chi connectivity index (χ4n) is 2.50. The molecule has 8 heteroatoms. The van der Waals surface area contributed by atoms with Gasteiger partial charge >= 0.3 is 0 Å². The van der Waals surface area contributed by atoms with Gasteiger partial charge in [0.25, 0.3) is 0 Å². The molecular formula is C19H15N5O2S. The minimum atomic E-state index is -0.143. The van der Waals surface area contributed by atoms with Gasteiger partial charge in [0.2, 0.25) is 11.7 Å². The van der Waals surface area contributed by atoms with Crippen LogP contribution in [0.1, 0.15) is 0 Å². The molecule has 0 atom stereocenters. The molecule has 134 valence electrons. The molecule has 3 aromatic heterocycles. The lowest BCUT2D eigenvalue weighted by atomic mass is 10.3. The Balaban J connectivity index is 1.57. The maximum Gasteiger partial charge on any atom is 0.234 e. The Morgan fingerprint density at radius 2 is 1.96 bits per heavy atom. The zero-order chi connectivity index (χ0) is 18.5. The molecule has 1 aromatic carbocycles. The molecule has 0 spiro atoms. The van der Waals surface area contributed by atoms with Gasteiger partial charge in [-0.25, -0.2) is 0 Å². The quantitative estimate of drug-likeness (QED) is 0.516. The van der Waals surface area contributed by atoms with E-state index in [9.17, 15) is 4.79 Å². The molecule has 1 amide bonds. The first-order valence-electron chi connectivity index (χ1n) is 8.18. The van der Waals surface area contributed by atoms with E-state index in [1.165, 1.54) is 11.8 Å². The highest BCUT2D eigenvalue weighted by Crippen LogP contribution is 2.28. The van der Waals surface area contributed by atoms with Gasteiger partial charge in [0.1, 0.15) is 0 Å². The predicted molar refractivity (Wildman–Crippen MR) is 103 cm³/mol. The summed E-state index contributed by atoms with van der Waals surface area (Å²) in [5.74, 6) is 1.24. The van der Waals surface area contributed by atoms with Crippen LogP contribution in [0.4, 0.5) is 5.69 Å². The summed E-state index contributed by atoms with van der Waals surface area (Å²) >= 11 is 1.30. The van der Waals surface area contributed by atoms with Crippen LogP contribution in [0.2, 0.25) is 0 Å². The molecule has 0 saturated carbocycles. The number of anilines is 1. The normalized spacial score (nSPS) is 10.7. The van der Waals surface area contributed by atoms with Crippen LogP contribution in [0.25, 0.3) is 17.3 Å². The topological polar surface area (TPSA) is 85.8 Å². The number of hydrogen-bond donors (Lipinski definition) is 1. The van der Waals surface area contributed by atoms with Crippen LogP contribution in [0, 0.1) is 0 Å². The van der Waals surface area contributed by atoms with Crippen molar-refractivity contribution in [3.63, 3.8) is 0 Å². The predicted octanol–water partition coefficient (Wildman–Crippen LogP) is 3.65. The second-order valence-corrected chi connectivity index (χ2v) is 6.48. The third-order valence-corrected chi connectivity index (χ3v) is 4.60. The molecule has 0 fully saturated rings. The molecule has 0 aliphatic rings. The maximum atomic E-state index is 12.2.